The van der Waals surface area contributed by atoms with Crippen LogP contribution in [0.3, 0.4) is 0 Å². The Morgan fingerprint density at radius 2 is 1.91 bits per heavy atom. The Labute approximate surface area is 277 Å². The van der Waals surface area contributed by atoms with Gasteiger partial charge in [0, 0.05) is 35.5 Å². The van der Waals surface area contributed by atoms with Crippen molar-refractivity contribution in [3.63, 3.8) is 0 Å². The molecule has 1 saturated heterocycles. The van der Waals surface area contributed by atoms with E-state index in [9.17, 15) is 9.59 Å². The van der Waals surface area contributed by atoms with Crippen molar-refractivity contribution in [1.29, 1.82) is 0 Å². The Balaban J connectivity index is 1.08. The third-order valence-corrected chi connectivity index (χ3v) is 9.01. The average Bonchev–Trinajstić information content (AvgIpc) is 3.88. The molecule has 1 saturated carbocycles. The lowest BCUT2D eigenvalue weighted by atomic mass is 10.0. The number of amides is 2. The van der Waals surface area contributed by atoms with Gasteiger partial charge in [0.05, 0.1) is 37.2 Å². The van der Waals surface area contributed by atoms with Crippen molar-refractivity contribution >= 4 is 29.2 Å². The van der Waals surface area contributed by atoms with Gasteiger partial charge >= 0.3 is 6.09 Å². The largest absolute Gasteiger partial charge is 0.497 e. The summed E-state index contributed by atoms with van der Waals surface area (Å²) in [6, 6.07) is 15.4. The molecule has 0 spiro atoms. The van der Waals surface area contributed by atoms with Crippen LogP contribution in [0.15, 0.2) is 54.7 Å². The predicted octanol–water partition coefficient (Wildman–Crippen LogP) is 6.12. The molecule has 2 amide bonds. The molecule has 0 radical (unpaired) electrons. The molecule has 2 fully saturated rings. The summed E-state index contributed by atoms with van der Waals surface area (Å²) < 4.78 is 28.9. The van der Waals surface area contributed by atoms with E-state index in [1.807, 2.05) is 62.4 Å². The smallest absolute Gasteiger partial charge is 0.407 e. The summed E-state index contributed by atoms with van der Waals surface area (Å²) >= 11 is 1.43. The highest BCUT2D eigenvalue weighted by atomic mass is 32.1. The number of aromatic amines is 1. The van der Waals surface area contributed by atoms with Gasteiger partial charge in [0.1, 0.15) is 29.2 Å². The monoisotopic (exact) mass is 661 g/mol. The molecule has 2 atom stereocenters. The molecule has 1 aliphatic carbocycles. The molecule has 2 aliphatic rings. The molecule has 13 heteroatoms. The maximum atomic E-state index is 13.0. The molecular weight excluding hydrogens is 622 g/mol. The fourth-order valence-electron chi connectivity index (χ4n) is 5.74. The van der Waals surface area contributed by atoms with Gasteiger partial charge in [-0.3, -0.25) is 9.89 Å². The van der Waals surface area contributed by atoms with Gasteiger partial charge in [-0.15, -0.1) is 11.3 Å². The maximum Gasteiger partial charge on any atom is 0.407 e. The Morgan fingerprint density at radius 1 is 1.11 bits per heavy atom. The summed E-state index contributed by atoms with van der Waals surface area (Å²) in [4.78, 5) is 30.4. The summed E-state index contributed by atoms with van der Waals surface area (Å²) in [5, 5.41) is 13.6. The van der Waals surface area contributed by atoms with Crippen molar-refractivity contribution in [3.05, 3.63) is 76.6 Å². The second kappa shape index (κ2) is 15.0. The molecule has 2 aromatic heterocycles. The van der Waals surface area contributed by atoms with Gasteiger partial charge in [-0.1, -0.05) is 24.3 Å². The molecule has 1 aliphatic heterocycles. The summed E-state index contributed by atoms with van der Waals surface area (Å²) in [6.07, 6.45) is 3.10. The van der Waals surface area contributed by atoms with E-state index in [-0.39, 0.29) is 30.4 Å². The van der Waals surface area contributed by atoms with Crippen LogP contribution in [0.5, 0.6) is 11.5 Å². The van der Waals surface area contributed by atoms with Crippen molar-refractivity contribution in [2.75, 3.05) is 25.6 Å². The van der Waals surface area contributed by atoms with E-state index >= 15 is 0 Å². The lowest BCUT2D eigenvalue weighted by Crippen LogP contribution is -2.33. The van der Waals surface area contributed by atoms with Crippen LogP contribution in [0.1, 0.15) is 67.1 Å². The lowest BCUT2D eigenvalue weighted by molar-refractivity contribution is -0.115. The number of ether oxygens (including phenoxy) is 5. The molecule has 12 nitrogen and oxygen atoms in total. The van der Waals surface area contributed by atoms with Gasteiger partial charge in [-0.25, -0.2) is 9.78 Å². The number of carbonyl (C=O) groups is 2. The van der Waals surface area contributed by atoms with E-state index in [0.717, 1.165) is 45.9 Å². The molecule has 0 unspecified atom stereocenters. The fraction of sp³-hybridized carbons (Fsp3) is 0.412. The molecule has 248 valence electrons. The SMILES string of the molecule is COc1ccc(COc2cccc(-c3cnc(CC(=O)Nc4cc([C@H]5CC[C@@H](OC(=O)NC(C)C)C5)[nH]n4)s3)c2C2OCCO2)cc1. The number of H-pyrrole nitrogens is 1. The number of anilines is 1. The number of methoxy groups -OCH3 is 1. The Morgan fingerprint density at radius 3 is 2.68 bits per heavy atom. The van der Waals surface area contributed by atoms with Gasteiger partial charge in [-0.2, -0.15) is 5.10 Å². The molecule has 4 aromatic rings. The summed E-state index contributed by atoms with van der Waals surface area (Å²) in [6.45, 7) is 5.13. The first-order valence-electron chi connectivity index (χ1n) is 15.7. The zero-order valence-corrected chi connectivity index (χ0v) is 27.4. The predicted molar refractivity (Wildman–Crippen MR) is 176 cm³/mol. The van der Waals surface area contributed by atoms with E-state index in [1.54, 1.807) is 13.3 Å². The summed E-state index contributed by atoms with van der Waals surface area (Å²) in [5.74, 6) is 1.84. The number of benzene rings is 2. The van der Waals surface area contributed by atoms with E-state index < -0.39 is 12.4 Å². The number of alkyl carbamates (subject to hydrolysis) is 1. The Kier molecular flexibility index (Phi) is 10.3. The topological polar surface area (TPSA) is 146 Å². The second-order valence-corrected chi connectivity index (χ2v) is 12.9. The van der Waals surface area contributed by atoms with Gasteiger partial charge in [0.2, 0.25) is 5.91 Å². The highest BCUT2D eigenvalue weighted by molar-refractivity contribution is 7.15. The first-order chi connectivity index (χ1) is 22.8. The van der Waals surface area contributed by atoms with E-state index in [4.69, 9.17) is 23.7 Å². The summed E-state index contributed by atoms with van der Waals surface area (Å²) in [7, 11) is 1.64. The second-order valence-electron chi connectivity index (χ2n) is 11.8. The Hall–Kier alpha value is -4.46. The number of rotatable bonds is 12. The number of carbonyl (C=O) groups excluding carboxylic acids is 2. The first-order valence-corrected chi connectivity index (χ1v) is 16.6. The zero-order chi connectivity index (χ0) is 32.8. The molecule has 3 heterocycles. The van der Waals surface area contributed by atoms with Crippen molar-refractivity contribution in [2.24, 2.45) is 0 Å². The number of nitrogens with one attached hydrogen (secondary N) is 3. The zero-order valence-electron chi connectivity index (χ0n) is 26.6. The van der Waals surface area contributed by atoms with Gasteiger partial charge in [0.15, 0.2) is 12.1 Å². The average molecular weight is 662 g/mol. The molecule has 47 heavy (non-hydrogen) atoms. The van der Waals surface area contributed by atoms with Crippen LogP contribution in [0.2, 0.25) is 0 Å². The number of hydrogen-bond donors (Lipinski definition) is 3. The van der Waals surface area contributed by atoms with Crippen LogP contribution in [0.25, 0.3) is 10.4 Å². The van der Waals surface area contributed by atoms with Gasteiger partial charge in [-0.05, 0) is 56.9 Å². The van der Waals surface area contributed by atoms with Crippen LogP contribution in [-0.4, -0.2) is 59.7 Å². The molecule has 6 rings (SSSR count). The van der Waals surface area contributed by atoms with Gasteiger partial charge < -0.3 is 34.3 Å². The maximum absolute atomic E-state index is 13.0. The van der Waals surface area contributed by atoms with Crippen molar-refractivity contribution in [2.45, 2.75) is 70.5 Å². The fourth-order valence-corrected chi connectivity index (χ4v) is 6.69. The van der Waals surface area contributed by atoms with E-state index in [0.29, 0.717) is 42.8 Å². The van der Waals surface area contributed by atoms with Crippen molar-refractivity contribution in [3.8, 4) is 21.9 Å². The van der Waals surface area contributed by atoms with Crippen molar-refractivity contribution in [1.82, 2.24) is 20.5 Å². The quantitative estimate of drug-likeness (QED) is 0.164. The van der Waals surface area contributed by atoms with Crippen LogP contribution >= 0.6 is 11.3 Å². The third kappa shape index (κ3) is 8.28. The normalized spacial score (nSPS) is 18.0. The summed E-state index contributed by atoms with van der Waals surface area (Å²) in [5.41, 5.74) is 3.58. The Bertz CT molecular complexity index is 1670. The molecule has 2 aromatic carbocycles. The van der Waals surface area contributed by atoms with Crippen LogP contribution in [0, 0.1) is 0 Å². The number of hydrogen-bond acceptors (Lipinski definition) is 10. The van der Waals surface area contributed by atoms with E-state index in [2.05, 4.69) is 25.8 Å². The molecule has 0 bridgehead atoms. The minimum Gasteiger partial charge on any atom is -0.497 e. The highest BCUT2D eigenvalue weighted by Crippen LogP contribution is 2.41. The standard InChI is InChI=1S/C34H39N5O7S/c1-20(2)36-34(41)46-24-12-9-22(15-24)26-16-29(39-38-26)37-30(40)17-31-35-18-28(47-31)25-5-4-6-27(32(25)33-43-13-14-44-33)45-19-21-7-10-23(42-3)11-8-21/h4-8,10-11,16,18,20,22,24,33H,9,12-15,17,19H2,1-3H3,(H,36,41)(H2,37,38,39,40)/t22-,24+/m0/s1. The first kappa shape index (κ1) is 32.5. The van der Waals surface area contributed by atoms with Crippen LogP contribution < -0.4 is 20.1 Å². The van der Waals surface area contributed by atoms with Crippen LogP contribution in [0.4, 0.5) is 10.6 Å². The third-order valence-electron chi connectivity index (χ3n) is 7.98. The minimum atomic E-state index is -0.571. The van der Waals surface area contributed by atoms with Crippen molar-refractivity contribution < 1.29 is 33.3 Å². The molecule has 3 N–H and O–H groups in total. The number of thiazole rings is 1. The number of aromatic nitrogens is 3. The highest BCUT2D eigenvalue weighted by Gasteiger charge is 2.30. The van der Waals surface area contributed by atoms with Gasteiger partial charge in [0.25, 0.3) is 0 Å². The van der Waals surface area contributed by atoms with Crippen LogP contribution in [-0.2, 0) is 32.0 Å². The molecular formula is C34H39N5O7S. The minimum absolute atomic E-state index is 0.0233. The lowest BCUT2D eigenvalue weighted by Gasteiger charge is -2.19. The number of nitrogens with zero attached hydrogens (tertiary/aromatic N) is 2. The van der Waals surface area contributed by atoms with E-state index in [1.165, 1.54) is 11.3 Å².